The van der Waals surface area contributed by atoms with Crippen LogP contribution in [-0.4, -0.2) is 33.6 Å². The molecule has 0 aromatic carbocycles. The Hall–Kier alpha value is -1.66. The first-order valence-electron chi connectivity index (χ1n) is 5.65. The molecule has 1 saturated heterocycles. The summed E-state index contributed by atoms with van der Waals surface area (Å²) in [5, 5.41) is 10.2. The van der Waals surface area contributed by atoms with E-state index in [1.165, 1.54) is 0 Å². The SMILES string of the molecule is Cl.O=C(Nc1ccnc2ccnn12)C1CCNC1. The van der Waals surface area contributed by atoms with Crippen LogP contribution in [0, 0.1) is 5.92 Å². The van der Waals surface area contributed by atoms with Crippen molar-refractivity contribution in [1.29, 1.82) is 0 Å². The Bertz CT molecular complexity index is 549. The zero-order chi connectivity index (χ0) is 11.7. The van der Waals surface area contributed by atoms with Crippen LogP contribution in [0.3, 0.4) is 0 Å². The predicted molar refractivity (Wildman–Crippen MR) is 69.8 cm³/mol. The van der Waals surface area contributed by atoms with Gasteiger partial charge in [-0.15, -0.1) is 12.4 Å². The number of anilines is 1. The highest BCUT2D eigenvalue weighted by molar-refractivity contribution is 5.92. The van der Waals surface area contributed by atoms with Crippen LogP contribution in [0.25, 0.3) is 5.65 Å². The highest BCUT2D eigenvalue weighted by Crippen LogP contribution is 2.13. The Morgan fingerprint density at radius 3 is 3.11 bits per heavy atom. The number of nitrogens with zero attached hydrogens (tertiary/aromatic N) is 3. The third-order valence-electron chi connectivity index (χ3n) is 2.97. The minimum absolute atomic E-state index is 0. The van der Waals surface area contributed by atoms with Gasteiger partial charge >= 0.3 is 0 Å². The van der Waals surface area contributed by atoms with Crippen molar-refractivity contribution in [2.75, 3.05) is 18.4 Å². The Labute approximate surface area is 110 Å². The first kappa shape index (κ1) is 12.8. The number of hydrogen-bond donors (Lipinski definition) is 2. The van der Waals surface area contributed by atoms with Crippen molar-refractivity contribution >= 4 is 29.8 Å². The lowest BCUT2D eigenvalue weighted by Crippen LogP contribution is -2.25. The van der Waals surface area contributed by atoms with E-state index in [4.69, 9.17) is 0 Å². The van der Waals surface area contributed by atoms with Gasteiger partial charge in [-0.1, -0.05) is 0 Å². The topological polar surface area (TPSA) is 71.3 Å². The van der Waals surface area contributed by atoms with E-state index in [9.17, 15) is 4.79 Å². The summed E-state index contributed by atoms with van der Waals surface area (Å²) in [6.07, 6.45) is 4.22. The number of halogens is 1. The van der Waals surface area contributed by atoms with Gasteiger partial charge in [0.1, 0.15) is 5.82 Å². The Kier molecular flexibility index (Phi) is 3.78. The molecule has 2 aromatic rings. The number of carbonyl (C=O) groups excluding carboxylic acids is 1. The fraction of sp³-hybridized carbons (Fsp3) is 0.364. The van der Waals surface area contributed by atoms with Gasteiger partial charge in [0, 0.05) is 18.8 Å². The maximum atomic E-state index is 12.0. The van der Waals surface area contributed by atoms with Crippen LogP contribution in [0.15, 0.2) is 24.5 Å². The van der Waals surface area contributed by atoms with E-state index in [-0.39, 0.29) is 24.2 Å². The van der Waals surface area contributed by atoms with Crippen molar-refractivity contribution in [2.45, 2.75) is 6.42 Å². The molecule has 1 aliphatic rings. The average Bonchev–Trinajstić information content (AvgIpc) is 3.00. The quantitative estimate of drug-likeness (QED) is 0.840. The van der Waals surface area contributed by atoms with Crippen LogP contribution < -0.4 is 10.6 Å². The molecule has 18 heavy (non-hydrogen) atoms. The van der Waals surface area contributed by atoms with Gasteiger partial charge in [-0.25, -0.2) is 4.98 Å². The second-order valence-electron chi connectivity index (χ2n) is 4.11. The van der Waals surface area contributed by atoms with Crippen molar-refractivity contribution in [3.8, 4) is 0 Å². The molecule has 0 spiro atoms. The first-order chi connectivity index (χ1) is 8.34. The summed E-state index contributed by atoms with van der Waals surface area (Å²) in [4.78, 5) is 16.1. The molecule has 1 unspecified atom stereocenters. The summed E-state index contributed by atoms with van der Waals surface area (Å²) < 4.78 is 1.63. The van der Waals surface area contributed by atoms with Crippen LogP contribution in [-0.2, 0) is 4.79 Å². The van der Waals surface area contributed by atoms with Crippen LogP contribution in [0.4, 0.5) is 5.82 Å². The first-order valence-corrected chi connectivity index (χ1v) is 5.65. The summed E-state index contributed by atoms with van der Waals surface area (Å²) in [6.45, 7) is 1.66. The van der Waals surface area contributed by atoms with Crippen LogP contribution >= 0.6 is 12.4 Å². The third kappa shape index (κ3) is 2.30. The molecule has 0 radical (unpaired) electrons. The van der Waals surface area contributed by atoms with Gasteiger partial charge < -0.3 is 10.6 Å². The van der Waals surface area contributed by atoms with E-state index in [2.05, 4.69) is 20.7 Å². The predicted octanol–water partition coefficient (Wildman–Crippen LogP) is 0.699. The molecule has 1 aliphatic heterocycles. The van der Waals surface area contributed by atoms with E-state index in [0.717, 1.165) is 25.2 Å². The molecule has 2 aromatic heterocycles. The molecular formula is C11H14ClN5O. The van der Waals surface area contributed by atoms with Crippen LogP contribution in [0.2, 0.25) is 0 Å². The highest BCUT2D eigenvalue weighted by Gasteiger charge is 2.22. The average molecular weight is 268 g/mol. The Morgan fingerprint density at radius 2 is 2.33 bits per heavy atom. The van der Waals surface area contributed by atoms with Gasteiger partial charge in [0.05, 0.1) is 12.1 Å². The second-order valence-corrected chi connectivity index (χ2v) is 4.11. The number of nitrogens with one attached hydrogen (secondary N) is 2. The number of aromatic nitrogens is 3. The van der Waals surface area contributed by atoms with Crippen molar-refractivity contribution in [1.82, 2.24) is 19.9 Å². The van der Waals surface area contributed by atoms with E-state index in [1.54, 1.807) is 29.0 Å². The lowest BCUT2D eigenvalue weighted by molar-refractivity contribution is -0.119. The van der Waals surface area contributed by atoms with Crippen LogP contribution in [0.1, 0.15) is 6.42 Å². The van der Waals surface area contributed by atoms with Crippen LogP contribution in [0.5, 0.6) is 0 Å². The summed E-state index contributed by atoms with van der Waals surface area (Å²) in [5.74, 6) is 0.753. The van der Waals surface area contributed by atoms with Gasteiger partial charge in [-0.05, 0) is 19.0 Å². The van der Waals surface area contributed by atoms with Gasteiger partial charge in [0.2, 0.25) is 5.91 Å². The minimum Gasteiger partial charge on any atom is -0.316 e. The van der Waals surface area contributed by atoms with Crippen molar-refractivity contribution in [3.63, 3.8) is 0 Å². The zero-order valence-electron chi connectivity index (χ0n) is 9.67. The lowest BCUT2D eigenvalue weighted by Gasteiger charge is -2.10. The van der Waals surface area contributed by atoms with Crippen molar-refractivity contribution < 1.29 is 4.79 Å². The Balaban J connectivity index is 0.00000120. The van der Waals surface area contributed by atoms with E-state index < -0.39 is 0 Å². The number of fused-ring (bicyclic) bond motifs is 1. The van der Waals surface area contributed by atoms with Crippen molar-refractivity contribution in [3.05, 3.63) is 24.5 Å². The summed E-state index contributed by atoms with van der Waals surface area (Å²) in [5.41, 5.74) is 0.729. The molecule has 0 saturated carbocycles. The summed E-state index contributed by atoms with van der Waals surface area (Å²) in [6, 6.07) is 3.55. The second kappa shape index (κ2) is 5.32. The smallest absolute Gasteiger partial charge is 0.229 e. The van der Waals surface area contributed by atoms with Crippen molar-refractivity contribution in [2.24, 2.45) is 5.92 Å². The monoisotopic (exact) mass is 267 g/mol. The maximum Gasteiger partial charge on any atom is 0.229 e. The number of amides is 1. The molecule has 3 rings (SSSR count). The fourth-order valence-electron chi connectivity index (χ4n) is 2.04. The zero-order valence-corrected chi connectivity index (χ0v) is 10.5. The van der Waals surface area contributed by atoms with E-state index >= 15 is 0 Å². The number of carbonyl (C=O) groups is 1. The molecule has 96 valence electrons. The molecule has 1 amide bonds. The molecular weight excluding hydrogens is 254 g/mol. The molecule has 3 heterocycles. The van der Waals surface area contributed by atoms with E-state index in [0.29, 0.717) is 5.82 Å². The molecule has 0 aliphatic carbocycles. The molecule has 1 atom stereocenters. The number of rotatable bonds is 2. The van der Waals surface area contributed by atoms with Gasteiger partial charge in [0.25, 0.3) is 0 Å². The molecule has 7 heteroatoms. The molecule has 0 bridgehead atoms. The molecule has 6 nitrogen and oxygen atoms in total. The molecule has 2 N–H and O–H groups in total. The van der Waals surface area contributed by atoms with Gasteiger partial charge in [-0.3, -0.25) is 4.79 Å². The van der Waals surface area contributed by atoms with E-state index in [1.807, 2.05) is 0 Å². The Morgan fingerprint density at radius 1 is 1.44 bits per heavy atom. The lowest BCUT2D eigenvalue weighted by atomic mass is 10.1. The third-order valence-corrected chi connectivity index (χ3v) is 2.97. The van der Waals surface area contributed by atoms with Gasteiger partial charge in [-0.2, -0.15) is 9.61 Å². The maximum absolute atomic E-state index is 12.0. The standard InChI is InChI=1S/C11H13N5O.ClH/c17-11(8-1-4-12-7-8)15-10-2-5-13-9-3-6-14-16(9)10;/h2-3,5-6,8,12H,1,4,7H2,(H,15,17);1H. The summed E-state index contributed by atoms with van der Waals surface area (Å²) >= 11 is 0. The number of hydrogen-bond acceptors (Lipinski definition) is 4. The molecule has 1 fully saturated rings. The highest BCUT2D eigenvalue weighted by atomic mass is 35.5. The van der Waals surface area contributed by atoms with Gasteiger partial charge in [0.15, 0.2) is 5.65 Å². The fourth-order valence-corrected chi connectivity index (χ4v) is 2.04. The summed E-state index contributed by atoms with van der Waals surface area (Å²) in [7, 11) is 0. The minimum atomic E-state index is 0. The normalized spacial score (nSPS) is 18.6. The largest absolute Gasteiger partial charge is 0.316 e.